The van der Waals surface area contributed by atoms with Crippen molar-refractivity contribution in [2.75, 3.05) is 5.75 Å². The lowest BCUT2D eigenvalue weighted by molar-refractivity contribution is 0.587. The van der Waals surface area contributed by atoms with Crippen molar-refractivity contribution in [2.45, 2.75) is 36.8 Å². The molecule has 0 bridgehead atoms. The van der Waals surface area contributed by atoms with E-state index in [2.05, 4.69) is 12.6 Å². The van der Waals surface area contributed by atoms with E-state index in [9.17, 15) is 8.42 Å². The molecule has 0 N–H and O–H groups in total. The molecule has 0 atom stereocenters. The highest BCUT2D eigenvalue weighted by molar-refractivity contribution is 7.92. The van der Waals surface area contributed by atoms with E-state index < -0.39 is 9.84 Å². The van der Waals surface area contributed by atoms with Crippen LogP contribution >= 0.6 is 12.6 Å². The monoisotopic (exact) mass is 258 g/mol. The maximum absolute atomic E-state index is 11.9. The molecule has 0 unspecified atom stereocenters. The first-order chi connectivity index (χ1) is 7.48. The summed E-state index contributed by atoms with van der Waals surface area (Å²) in [7, 11) is -3.14. The summed E-state index contributed by atoms with van der Waals surface area (Å²) in [5.41, 5.74) is 1.07. The van der Waals surface area contributed by atoms with Gasteiger partial charge in [-0.3, -0.25) is 0 Å². The van der Waals surface area contributed by atoms with Gasteiger partial charge in [-0.05, 0) is 50.1 Å². The Hall–Kier alpha value is -0.480. The summed E-state index contributed by atoms with van der Waals surface area (Å²) in [6, 6.07) is 7.21. The number of rotatable bonds is 5. The molecule has 0 aliphatic rings. The molecule has 0 saturated heterocycles. The standard InChI is InChI=1S/C12H18O2S2/c1-10(2)16(13,14)12-7-3-5-11(9-12)6-4-8-15/h3,5,7,9-10,15H,4,6,8H2,1-2H3. The Morgan fingerprint density at radius 1 is 1.31 bits per heavy atom. The van der Waals surface area contributed by atoms with Crippen molar-refractivity contribution >= 4 is 22.5 Å². The minimum Gasteiger partial charge on any atom is -0.223 e. The normalized spacial score (nSPS) is 12.0. The Bertz CT molecular complexity index is 436. The van der Waals surface area contributed by atoms with Crippen LogP contribution in [0.4, 0.5) is 0 Å². The first-order valence-electron chi connectivity index (χ1n) is 5.42. The van der Waals surface area contributed by atoms with Gasteiger partial charge in [-0.15, -0.1) is 0 Å². The maximum atomic E-state index is 11.9. The molecule has 0 amide bonds. The molecule has 1 aromatic rings. The fraction of sp³-hybridized carbons (Fsp3) is 0.500. The van der Waals surface area contributed by atoms with Crippen molar-refractivity contribution in [3.63, 3.8) is 0 Å². The molecule has 0 saturated carbocycles. The summed E-state index contributed by atoms with van der Waals surface area (Å²) < 4.78 is 23.9. The van der Waals surface area contributed by atoms with E-state index in [1.165, 1.54) is 0 Å². The summed E-state index contributed by atoms with van der Waals surface area (Å²) in [5.74, 6) is 0.821. The topological polar surface area (TPSA) is 34.1 Å². The highest BCUT2D eigenvalue weighted by Crippen LogP contribution is 2.18. The van der Waals surface area contributed by atoms with Gasteiger partial charge in [0, 0.05) is 0 Å². The van der Waals surface area contributed by atoms with Crippen LogP contribution in [0.2, 0.25) is 0 Å². The van der Waals surface area contributed by atoms with Gasteiger partial charge in [-0.1, -0.05) is 12.1 Å². The van der Waals surface area contributed by atoms with Crippen LogP contribution in [-0.2, 0) is 16.3 Å². The largest absolute Gasteiger partial charge is 0.223 e. The molecule has 0 fully saturated rings. The predicted octanol–water partition coefficient (Wildman–Crippen LogP) is 2.73. The molecule has 0 aliphatic carbocycles. The molecule has 0 aliphatic heterocycles. The Kier molecular flexibility index (Phi) is 4.87. The molecule has 1 rings (SSSR count). The fourth-order valence-corrected chi connectivity index (χ4v) is 2.72. The zero-order valence-corrected chi connectivity index (χ0v) is 11.4. The second-order valence-corrected chi connectivity index (χ2v) is 7.02. The van der Waals surface area contributed by atoms with Gasteiger partial charge in [0.25, 0.3) is 0 Å². The SMILES string of the molecule is CC(C)S(=O)(=O)c1cccc(CCCS)c1. The van der Waals surface area contributed by atoms with E-state index >= 15 is 0 Å². The Balaban J connectivity index is 2.99. The average molecular weight is 258 g/mol. The van der Waals surface area contributed by atoms with Gasteiger partial charge in [0.2, 0.25) is 0 Å². The molecule has 2 nitrogen and oxygen atoms in total. The van der Waals surface area contributed by atoms with Gasteiger partial charge in [-0.2, -0.15) is 12.6 Å². The molecule has 0 spiro atoms. The van der Waals surface area contributed by atoms with Crippen molar-refractivity contribution in [3.8, 4) is 0 Å². The smallest absolute Gasteiger partial charge is 0.180 e. The van der Waals surface area contributed by atoms with E-state index in [0.29, 0.717) is 4.90 Å². The minimum absolute atomic E-state index is 0.368. The highest BCUT2D eigenvalue weighted by Gasteiger charge is 2.18. The summed E-state index contributed by atoms with van der Waals surface area (Å²) in [6.45, 7) is 3.41. The minimum atomic E-state index is -3.14. The lowest BCUT2D eigenvalue weighted by atomic mass is 10.1. The zero-order chi connectivity index (χ0) is 12.2. The lowest BCUT2D eigenvalue weighted by Gasteiger charge is -2.09. The number of sulfone groups is 1. The second kappa shape index (κ2) is 5.73. The van der Waals surface area contributed by atoms with Crippen LogP contribution in [0.1, 0.15) is 25.8 Å². The number of benzene rings is 1. The first-order valence-corrected chi connectivity index (χ1v) is 7.60. The van der Waals surface area contributed by atoms with E-state index in [1.807, 2.05) is 12.1 Å². The molecule has 16 heavy (non-hydrogen) atoms. The van der Waals surface area contributed by atoms with E-state index in [0.717, 1.165) is 24.2 Å². The fourth-order valence-electron chi connectivity index (χ4n) is 1.43. The third-order valence-corrected chi connectivity index (χ3v) is 4.94. The average Bonchev–Trinajstić information content (AvgIpc) is 2.26. The van der Waals surface area contributed by atoms with Crippen molar-refractivity contribution in [1.82, 2.24) is 0 Å². The van der Waals surface area contributed by atoms with Gasteiger partial charge in [0.15, 0.2) is 9.84 Å². The van der Waals surface area contributed by atoms with E-state index in [4.69, 9.17) is 0 Å². The lowest BCUT2D eigenvalue weighted by Crippen LogP contribution is -2.14. The molecule has 4 heteroatoms. The maximum Gasteiger partial charge on any atom is 0.180 e. The summed E-state index contributed by atoms with van der Waals surface area (Å²) in [5, 5.41) is -0.368. The van der Waals surface area contributed by atoms with Crippen LogP contribution < -0.4 is 0 Å². The van der Waals surface area contributed by atoms with Crippen molar-refractivity contribution in [3.05, 3.63) is 29.8 Å². The molecule has 0 heterocycles. The Morgan fingerprint density at radius 3 is 2.56 bits per heavy atom. The van der Waals surface area contributed by atoms with Gasteiger partial charge in [0.1, 0.15) is 0 Å². The van der Waals surface area contributed by atoms with Crippen molar-refractivity contribution in [2.24, 2.45) is 0 Å². The van der Waals surface area contributed by atoms with Gasteiger partial charge < -0.3 is 0 Å². The number of hydrogen-bond donors (Lipinski definition) is 1. The van der Waals surface area contributed by atoms with Crippen LogP contribution in [-0.4, -0.2) is 19.4 Å². The molecule has 0 aromatic heterocycles. The third kappa shape index (κ3) is 3.25. The van der Waals surface area contributed by atoms with Crippen LogP contribution in [0.25, 0.3) is 0 Å². The third-order valence-electron chi connectivity index (χ3n) is 2.47. The predicted molar refractivity (Wildman–Crippen MR) is 70.9 cm³/mol. The van der Waals surface area contributed by atoms with Crippen LogP contribution in [0.5, 0.6) is 0 Å². The molecule has 0 radical (unpaired) electrons. The van der Waals surface area contributed by atoms with Crippen molar-refractivity contribution < 1.29 is 8.42 Å². The Morgan fingerprint density at radius 2 is 2.00 bits per heavy atom. The molecular formula is C12H18O2S2. The van der Waals surface area contributed by atoms with Gasteiger partial charge in [-0.25, -0.2) is 8.42 Å². The van der Waals surface area contributed by atoms with Crippen molar-refractivity contribution in [1.29, 1.82) is 0 Å². The first kappa shape index (κ1) is 13.6. The summed E-state index contributed by atoms with van der Waals surface area (Å²) >= 11 is 4.15. The van der Waals surface area contributed by atoms with Gasteiger partial charge in [0.05, 0.1) is 10.1 Å². The second-order valence-electron chi connectivity index (χ2n) is 4.07. The number of thiol groups is 1. The van der Waals surface area contributed by atoms with Crippen LogP contribution in [0.3, 0.4) is 0 Å². The quantitative estimate of drug-likeness (QED) is 0.824. The van der Waals surface area contributed by atoms with E-state index in [-0.39, 0.29) is 5.25 Å². The summed E-state index contributed by atoms with van der Waals surface area (Å²) in [6.07, 6.45) is 1.85. The van der Waals surface area contributed by atoms with E-state index in [1.54, 1.807) is 26.0 Å². The zero-order valence-electron chi connectivity index (χ0n) is 9.68. The number of aryl methyl sites for hydroxylation is 1. The van der Waals surface area contributed by atoms with Gasteiger partial charge >= 0.3 is 0 Å². The highest BCUT2D eigenvalue weighted by atomic mass is 32.2. The molecule has 1 aromatic carbocycles. The summed E-state index contributed by atoms with van der Waals surface area (Å²) in [4.78, 5) is 0.430. The molecular weight excluding hydrogens is 240 g/mol. The Labute approximate surface area is 103 Å². The van der Waals surface area contributed by atoms with Crippen LogP contribution in [0.15, 0.2) is 29.2 Å². The molecule has 90 valence electrons. The number of hydrogen-bond acceptors (Lipinski definition) is 3. The van der Waals surface area contributed by atoms with Crippen LogP contribution in [0, 0.1) is 0 Å².